The van der Waals surface area contributed by atoms with Crippen molar-refractivity contribution >= 4 is 81.1 Å². The number of nitrogens with zero attached hydrogens (tertiary/aromatic N) is 2. The van der Waals surface area contributed by atoms with E-state index in [4.69, 9.17) is 0 Å². The van der Waals surface area contributed by atoms with E-state index in [0.717, 1.165) is 17.1 Å². The van der Waals surface area contributed by atoms with Crippen LogP contribution in [0.3, 0.4) is 0 Å². The van der Waals surface area contributed by atoms with Crippen molar-refractivity contribution in [3.8, 4) is 27.9 Å². The predicted molar refractivity (Wildman–Crippen MR) is 237 cm³/mol. The molecule has 0 saturated heterocycles. The maximum absolute atomic E-state index is 2.43. The molecular weight excluding hydrogens is 685 g/mol. The predicted octanol–water partition coefficient (Wildman–Crippen LogP) is 15.1. The SMILES string of the molecule is c1ccc(-c2ccc(N(c3ccc(-c4ccc(-n5c6ccccc6c6ccc7ccccc7c65)cc4)cc3)c3cccc4c3sc3ccccc34)cc2)cc1. The van der Waals surface area contributed by atoms with E-state index in [1.165, 1.54) is 80.7 Å². The van der Waals surface area contributed by atoms with Crippen molar-refractivity contribution in [2.75, 3.05) is 4.90 Å². The molecule has 258 valence electrons. The fourth-order valence-corrected chi connectivity index (χ4v) is 9.58. The molecule has 0 radical (unpaired) electrons. The topological polar surface area (TPSA) is 8.17 Å². The van der Waals surface area contributed by atoms with Crippen molar-refractivity contribution in [3.63, 3.8) is 0 Å². The number of para-hydroxylation sites is 1. The molecule has 3 heteroatoms. The number of fused-ring (bicyclic) bond motifs is 8. The lowest BCUT2D eigenvalue weighted by atomic mass is 10.0. The Morgan fingerprint density at radius 2 is 0.927 bits per heavy atom. The zero-order valence-electron chi connectivity index (χ0n) is 29.9. The van der Waals surface area contributed by atoms with Gasteiger partial charge in [-0.15, -0.1) is 11.3 Å². The summed E-state index contributed by atoms with van der Waals surface area (Å²) in [6.45, 7) is 0. The first-order valence-corrected chi connectivity index (χ1v) is 19.6. The fraction of sp³-hybridized carbons (Fsp3) is 0. The highest BCUT2D eigenvalue weighted by molar-refractivity contribution is 7.26. The van der Waals surface area contributed by atoms with Crippen LogP contribution in [0.25, 0.3) is 80.7 Å². The molecule has 2 nitrogen and oxygen atoms in total. The minimum absolute atomic E-state index is 1.12. The molecule has 0 aliphatic heterocycles. The molecule has 0 fully saturated rings. The second-order valence-corrected chi connectivity index (χ2v) is 15.2. The largest absolute Gasteiger partial charge is 0.309 e. The monoisotopic (exact) mass is 718 g/mol. The van der Waals surface area contributed by atoms with Crippen molar-refractivity contribution in [2.24, 2.45) is 0 Å². The molecule has 11 rings (SSSR count). The third-order valence-electron chi connectivity index (χ3n) is 11.0. The van der Waals surface area contributed by atoms with Crippen molar-refractivity contribution in [1.82, 2.24) is 4.57 Å². The van der Waals surface area contributed by atoms with E-state index in [9.17, 15) is 0 Å². The number of anilines is 3. The van der Waals surface area contributed by atoms with Crippen molar-refractivity contribution in [3.05, 3.63) is 206 Å². The Hall–Kier alpha value is -6.94. The molecule has 0 aliphatic carbocycles. The van der Waals surface area contributed by atoms with E-state index in [1.54, 1.807) is 0 Å². The third kappa shape index (κ3) is 5.24. The van der Waals surface area contributed by atoms with Crippen LogP contribution in [0.5, 0.6) is 0 Å². The van der Waals surface area contributed by atoms with Crippen LogP contribution in [0.1, 0.15) is 0 Å². The summed E-state index contributed by atoms with van der Waals surface area (Å²) in [4.78, 5) is 2.41. The summed E-state index contributed by atoms with van der Waals surface area (Å²) in [7, 11) is 0. The van der Waals surface area contributed by atoms with Crippen LogP contribution in [-0.2, 0) is 0 Å². The standard InChI is InChI=1S/C52H34N2S/c1-2-11-35(12-3-1)36-21-28-40(29-22-36)53(49-19-10-17-47-45-16-7-9-20-50(45)55-52(47)49)41-30-23-37(24-31-41)38-25-32-42(33-26-38)54-48-18-8-6-15-44(48)46-34-27-39-13-4-5-14-43(39)51(46)54/h1-34H. The van der Waals surface area contributed by atoms with Gasteiger partial charge in [-0.25, -0.2) is 0 Å². The molecule has 0 atom stereocenters. The zero-order chi connectivity index (χ0) is 36.3. The van der Waals surface area contributed by atoms with Gasteiger partial charge in [0.2, 0.25) is 0 Å². The second kappa shape index (κ2) is 12.9. The number of rotatable bonds is 6. The molecule has 0 saturated carbocycles. The van der Waals surface area contributed by atoms with Crippen LogP contribution in [0.4, 0.5) is 17.1 Å². The van der Waals surface area contributed by atoms with E-state index >= 15 is 0 Å². The molecule has 9 aromatic carbocycles. The molecular formula is C52H34N2S. The summed E-state index contributed by atoms with van der Waals surface area (Å²) in [5.41, 5.74) is 11.8. The van der Waals surface area contributed by atoms with Crippen LogP contribution in [0, 0.1) is 0 Å². The van der Waals surface area contributed by atoms with Crippen LogP contribution in [0.2, 0.25) is 0 Å². The molecule has 11 aromatic rings. The average molecular weight is 719 g/mol. The Morgan fingerprint density at radius 1 is 0.364 bits per heavy atom. The Labute approximate surface area is 323 Å². The van der Waals surface area contributed by atoms with E-state index in [2.05, 4.69) is 216 Å². The summed E-state index contributed by atoms with van der Waals surface area (Å²) < 4.78 is 5.01. The Morgan fingerprint density at radius 3 is 1.65 bits per heavy atom. The summed E-state index contributed by atoms with van der Waals surface area (Å²) in [5, 5.41) is 7.66. The van der Waals surface area contributed by atoms with Gasteiger partial charge in [0.25, 0.3) is 0 Å². The maximum Gasteiger partial charge on any atom is 0.0640 e. The molecule has 0 bridgehead atoms. The van der Waals surface area contributed by atoms with Gasteiger partial charge in [-0.3, -0.25) is 0 Å². The Bertz CT molecular complexity index is 3170. The molecule has 0 unspecified atom stereocenters. The zero-order valence-corrected chi connectivity index (χ0v) is 30.7. The van der Waals surface area contributed by atoms with Gasteiger partial charge in [-0.1, -0.05) is 152 Å². The first kappa shape index (κ1) is 31.6. The third-order valence-corrected chi connectivity index (χ3v) is 12.2. The minimum Gasteiger partial charge on any atom is -0.309 e. The Kier molecular flexibility index (Phi) is 7.39. The van der Waals surface area contributed by atoms with Gasteiger partial charge in [0.05, 0.1) is 21.4 Å². The normalized spacial score (nSPS) is 11.6. The van der Waals surface area contributed by atoms with E-state index in [1.807, 2.05) is 11.3 Å². The van der Waals surface area contributed by atoms with Crippen molar-refractivity contribution in [1.29, 1.82) is 0 Å². The van der Waals surface area contributed by atoms with Gasteiger partial charge in [0.1, 0.15) is 0 Å². The minimum atomic E-state index is 1.12. The smallest absolute Gasteiger partial charge is 0.0640 e. The van der Waals surface area contributed by atoms with Gasteiger partial charge >= 0.3 is 0 Å². The van der Waals surface area contributed by atoms with Crippen molar-refractivity contribution < 1.29 is 0 Å². The quantitative estimate of drug-likeness (QED) is 0.166. The van der Waals surface area contributed by atoms with Gasteiger partial charge in [0, 0.05) is 48.7 Å². The number of hydrogen-bond acceptors (Lipinski definition) is 2. The molecule has 55 heavy (non-hydrogen) atoms. The molecule has 2 aromatic heterocycles. The number of thiophene rings is 1. The van der Waals surface area contributed by atoms with E-state index in [-0.39, 0.29) is 0 Å². The van der Waals surface area contributed by atoms with Gasteiger partial charge < -0.3 is 9.47 Å². The highest BCUT2D eigenvalue weighted by Crippen LogP contribution is 2.45. The molecule has 0 N–H and O–H groups in total. The van der Waals surface area contributed by atoms with Gasteiger partial charge in [0.15, 0.2) is 0 Å². The lowest BCUT2D eigenvalue weighted by Gasteiger charge is -2.26. The number of hydrogen-bond donors (Lipinski definition) is 0. The van der Waals surface area contributed by atoms with Crippen LogP contribution in [0.15, 0.2) is 206 Å². The molecule has 0 aliphatic rings. The summed E-state index contributed by atoms with van der Waals surface area (Å²) in [6.07, 6.45) is 0. The van der Waals surface area contributed by atoms with Gasteiger partial charge in [-0.2, -0.15) is 0 Å². The van der Waals surface area contributed by atoms with Crippen LogP contribution >= 0.6 is 11.3 Å². The van der Waals surface area contributed by atoms with Crippen LogP contribution < -0.4 is 4.90 Å². The summed E-state index contributed by atoms with van der Waals surface area (Å²) in [5.74, 6) is 0. The van der Waals surface area contributed by atoms with Crippen LogP contribution in [-0.4, -0.2) is 4.57 Å². The Balaban J connectivity index is 0.997. The highest BCUT2D eigenvalue weighted by Gasteiger charge is 2.19. The molecule has 2 heterocycles. The van der Waals surface area contributed by atoms with E-state index in [0.29, 0.717) is 0 Å². The first-order chi connectivity index (χ1) is 27.3. The lowest BCUT2D eigenvalue weighted by molar-refractivity contribution is 1.19. The lowest BCUT2D eigenvalue weighted by Crippen LogP contribution is -2.10. The maximum atomic E-state index is 2.43. The number of aromatic nitrogens is 1. The molecule has 0 spiro atoms. The fourth-order valence-electron chi connectivity index (χ4n) is 8.37. The second-order valence-electron chi connectivity index (χ2n) is 14.1. The van der Waals surface area contributed by atoms with E-state index < -0.39 is 0 Å². The van der Waals surface area contributed by atoms with Gasteiger partial charge in [-0.05, 0) is 82.2 Å². The summed E-state index contributed by atoms with van der Waals surface area (Å²) in [6, 6.07) is 75.0. The summed E-state index contributed by atoms with van der Waals surface area (Å²) >= 11 is 1.86. The molecule has 0 amide bonds. The average Bonchev–Trinajstić information content (AvgIpc) is 3.82. The first-order valence-electron chi connectivity index (χ1n) is 18.8. The van der Waals surface area contributed by atoms with Crippen molar-refractivity contribution in [2.45, 2.75) is 0 Å². The number of benzene rings is 9. The highest BCUT2D eigenvalue weighted by atomic mass is 32.1.